The molecule has 2 atom stereocenters. The summed E-state index contributed by atoms with van der Waals surface area (Å²) in [5.41, 5.74) is 8.63. The van der Waals surface area contributed by atoms with Gasteiger partial charge in [0.2, 0.25) is 5.88 Å². The van der Waals surface area contributed by atoms with E-state index in [-0.39, 0.29) is 11.8 Å². The fourth-order valence-corrected chi connectivity index (χ4v) is 4.57. The molecule has 3 N–H and O–H groups in total. The molecule has 23 heavy (non-hydrogen) atoms. The summed E-state index contributed by atoms with van der Waals surface area (Å²) in [6, 6.07) is 2.21. The number of fused-ring (bicyclic) bond motifs is 3. The molecule has 1 unspecified atom stereocenters. The molecule has 4 aliphatic rings. The minimum absolute atomic E-state index is 0.0160. The maximum Gasteiger partial charge on any atom is 0.217 e. The largest absolute Gasteiger partial charge is 0.467 e. The van der Waals surface area contributed by atoms with E-state index in [1.54, 1.807) is 6.20 Å². The van der Waals surface area contributed by atoms with Crippen LogP contribution in [0.1, 0.15) is 29.8 Å². The summed E-state index contributed by atoms with van der Waals surface area (Å²) >= 11 is 0. The number of piperidine rings is 3. The zero-order valence-corrected chi connectivity index (χ0v) is 13.0. The quantitative estimate of drug-likeness (QED) is 0.867. The number of aromatic nitrogens is 3. The minimum Gasteiger partial charge on any atom is -0.467 e. The van der Waals surface area contributed by atoms with Crippen LogP contribution in [0.2, 0.25) is 0 Å². The number of ether oxygens (including phenoxy) is 1. The Morgan fingerprint density at radius 2 is 2.22 bits per heavy atom. The summed E-state index contributed by atoms with van der Waals surface area (Å²) in [7, 11) is 0. The summed E-state index contributed by atoms with van der Waals surface area (Å²) < 4.78 is 6.37. The highest BCUT2D eigenvalue weighted by Crippen LogP contribution is 2.48. The second-order valence-corrected chi connectivity index (χ2v) is 7.01. The van der Waals surface area contributed by atoms with Gasteiger partial charge in [-0.05, 0) is 24.5 Å². The van der Waals surface area contributed by atoms with E-state index in [9.17, 15) is 0 Å². The number of hydrogen-bond donors (Lipinski definition) is 2. The van der Waals surface area contributed by atoms with Crippen molar-refractivity contribution in [1.29, 1.82) is 0 Å². The molecule has 120 valence electrons. The normalized spacial score (nSPS) is 34.6. The van der Waals surface area contributed by atoms with E-state index in [0.717, 1.165) is 43.2 Å². The van der Waals surface area contributed by atoms with Gasteiger partial charge in [0.05, 0.1) is 6.17 Å². The molecule has 6 heterocycles. The Morgan fingerprint density at radius 1 is 1.35 bits per heavy atom. The molecule has 0 saturated carbocycles. The van der Waals surface area contributed by atoms with E-state index < -0.39 is 0 Å². The third kappa shape index (κ3) is 1.95. The lowest BCUT2D eigenvalue weighted by Crippen LogP contribution is -2.71. The van der Waals surface area contributed by atoms with Crippen molar-refractivity contribution >= 4 is 0 Å². The number of rotatable bonds is 2. The average molecular weight is 311 g/mol. The van der Waals surface area contributed by atoms with Crippen molar-refractivity contribution in [2.45, 2.75) is 37.5 Å². The molecule has 2 aromatic heterocycles. The zero-order chi connectivity index (χ0) is 15.4. The molecule has 1 spiro atoms. The number of nitrogens with zero attached hydrogens (tertiary/aromatic N) is 3. The number of hydrogen-bond acceptors (Lipinski definition) is 5. The highest BCUT2D eigenvalue weighted by Gasteiger charge is 2.57. The van der Waals surface area contributed by atoms with Crippen LogP contribution in [0.15, 0.2) is 24.7 Å². The highest BCUT2D eigenvalue weighted by atomic mass is 16.5. The number of nitrogens with two attached hydrogens (primary N) is 1. The van der Waals surface area contributed by atoms with Crippen LogP contribution < -0.4 is 10.5 Å². The number of H-pyrrole nitrogens is 1. The predicted octanol–water partition coefficient (Wildman–Crippen LogP) is 1.08. The van der Waals surface area contributed by atoms with Crippen molar-refractivity contribution in [3.63, 3.8) is 0 Å². The van der Waals surface area contributed by atoms with Gasteiger partial charge < -0.3 is 15.5 Å². The summed E-state index contributed by atoms with van der Waals surface area (Å²) in [4.78, 5) is 14.4. The third-order valence-corrected chi connectivity index (χ3v) is 5.78. The smallest absolute Gasteiger partial charge is 0.217 e. The third-order valence-electron chi connectivity index (χ3n) is 5.78. The van der Waals surface area contributed by atoms with Crippen LogP contribution in [0.3, 0.4) is 0 Å². The molecular formula is C17H21N5O. The van der Waals surface area contributed by atoms with E-state index in [1.165, 1.54) is 18.4 Å². The molecule has 0 radical (unpaired) electrons. The Kier molecular flexibility index (Phi) is 2.81. The van der Waals surface area contributed by atoms with Crippen molar-refractivity contribution in [1.82, 2.24) is 19.9 Å². The van der Waals surface area contributed by atoms with Crippen molar-refractivity contribution in [3.05, 3.63) is 41.6 Å². The minimum atomic E-state index is -0.269. The Labute approximate surface area is 135 Å². The van der Waals surface area contributed by atoms with Gasteiger partial charge in [0.1, 0.15) is 11.4 Å². The molecule has 6 rings (SSSR count). The molecule has 6 nitrogen and oxygen atoms in total. The molecule has 6 heteroatoms. The van der Waals surface area contributed by atoms with Gasteiger partial charge in [-0.2, -0.15) is 0 Å². The molecule has 3 fully saturated rings. The van der Waals surface area contributed by atoms with Crippen LogP contribution in [0, 0.1) is 5.92 Å². The first-order chi connectivity index (χ1) is 11.2. The van der Waals surface area contributed by atoms with Crippen LogP contribution in [0.4, 0.5) is 0 Å². The maximum atomic E-state index is 6.55. The SMILES string of the molecule is NC1N2CCC(CC2)[C@]12Cc1cc(Cc3ncc[nH]3)cnc1O2. The lowest BCUT2D eigenvalue weighted by atomic mass is 9.71. The second-order valence-electron chi connectivity index (χ2n) is 7.01. The van der Waals surface area contributed by atoms with E-state index in [2.05, 4.69) is 25.9 Å². The van der Waals surface area contributed by atoms with Gasteiger partial charge in [-0.3, -0.25) is 4.90 Å². The fraction of sp³-hybridized carbons (Fsp3) is 0.529. The summed E-state index contributed by atoms with van der Waals surface area (Å²) in [5.74, 6) is 2.28. The Balaban J connectivity index is 1.45. The van der Waals surface area contributed by atoms with Crippen LogP contribution >= 0.6 is 0 Å². The van der Waals surface area contributed by atoms with Gasteiger partial charge in [0, 0.05) is 56.0 Å². The predicted molar refractivity (Wildman–Crippen MR) is 85.0 cm³/mol. The Morgan fingerprint density at radius 3 is 2.96 bits per heavy atom. The van der Waals surface area contributed by atoms with Crippen LogP contribution in [-0.2, 0) is 12.8 Å². The fourth-order valence-electron chi connectivity index (χ4n) is 4.57. The van der Waals surface area contributed by atoms with Crippen molar-refractivity contribution in [2.75, 3.05) is 13.1 Å². The molecular weight excluding hydrogens is 290 g/mol. The lowest BCUT2D eigenvalue weighted by Gasteiger charge is -2.54. The molecule has 0 amide bonds. The van der Waals surface area contributed by atoms with Gasteiger partial charge in [-0.15, -0.1) is 0 Å². The van der Waals surface area contributed by atoms with Gasteiger partial charge in [-0.1, -0.05) is 0 Å². The standard InChI is InChI=1S/C17H21N5O/c18-16-17(13-1-5-22(16)6-2-13)9-12-7-11(10-21-15(12)23-17)8-14-19-3-4-20-14/h3-4,7,10,13,16H,1-2,5-6,8-9,18H2,(H,19,20)/t16?,17-/m1/s1. The molecule has 4 aliphatic heterocycles. The summed E-state index contributed by atoms with van der Waals surface area (Å²) in [6.45, 7) is 2.20. The molecule has 2 bridgehead atoms. The van der Waals surface area contributed by atoms with E-state index in [0.29, 0.717) is 5.92 Å². The maximum absolute atomic E-state index is 6.55. The molecule has 0 aliphatic carbocycles. The van der Waals surface area contributed by atoms with Crippen LogP contribution in [-0.4, -0.2) is 44.7 Å². The lowest BCUT2D eigenvalue weighted by molar-refractivity contribution is -0.126. The van der Waals surface area contributed by atoms with Gasteiger partial charge in [0.15, 0.2) is 0 Å². The summed E-state index contributed by atoms with van der Waals surface area (Å²) in [5, 5.41) is 0. The number of nitrogens with one attached hydrogen (secondary N) is 1. The second kappa shape index (κ2) is 4.79. The zero-order valence-electron chi connectivity index (χ0n) is 13.0. The number of pyridine rings is 1. The Bertz CT molecular complexity index is 719. The monoisotopic (exact) mass is 311 g/mol. The topological polar surface area (TPSA) is 80.1 Å². The van der Waals surface area contributed by atoms with Gasteiger partial charge >= 0.3 is 0 Å². The van der Waals surface area contributed by atoms with Crippen LogP contribution in [0.25, 0.3) is 0 Å². The first-order valence-electron chi connectivity index (χ1n) is 8.39. The average Bonchev–Trinajstić information content (AvgIpc) is 3.20. The van der Waals surface area contributed by atoms with E-state index >= 15 is 0 Å². The van der Waals surface area contributed by atoms with Crippen LogP contribution in [0.5, 0.6) is 5.88 Å². The highest BCUT2D eigenvalue weighted by molar-refractivity contribution is 5.38. The first kappa shape index (κ1) is 13.5. The molecule has 3 saturated heterocycles. The summed E-state index contributed by atoms with van der Waals surface area (Å²) in [6.07, 6.45) is 9.51. The van der Waals surface area contributed by atoms with Gasteiger partial charge in [0.25, 0.3) is 0 Å². The van der Waals surface area contributed by atoms with Crippen molar-refractivity contribution < 1.29 is 4.74 Å². The van der Waals surface area contributed by atoms with Gasteiger partial charge in [-0.25, -0.2) is 9.97 Å². The molecule has 0 aromatic carbocycles. The van der Waals surface area contributed by atoms with E-state index in [4.69, 9.17) is 10.5 Å². The van der Waals surface area contributed by atoms with Crippen molar-refractivity contribution in [2.24, 2.45) is 11.7 Å². The van der Waals surface area contributed by atoms with Crippen molar-refractivity contribution in [3.8, 4) is 5.88 Å². The van der Waals surface area contributed by atoms with E-state index in [1.807, 2.05) is 12.4 Å². The first-order valence-corrected chi connectivity index (χ1v) is 8.39. The Hall–Kier alpha value is -1.92. The molecule has 2 aromatic rings. The number of aromatic amines is 1. The number of imidazole rings is 1.